The van der Waals surface area contributed by atoms with Crippen LogP contribution in [-0.2, 0) is 6.18 Å². The molecule has 0 aliphatic heterocycles. The molecule has 0 aliphatic carbocycles. The van der Waals surface area contributed by atoms with Crippen LogP contribution >= 0.6 is 0 Å². The van der Waals surface area contributed by atoms with Crippen molar-refractivity contribution in [3.63, 3.8) is 0 Å². The molecule has 0 aliphatic rings. The van der Waals surface area contributed by atoms with Crippen LogP contribution in [0.2, 0.25) is 0 Å². The van der Waals surface area contributed by atoms with Gasteiger partial charge < -0.3 is 0 Å². The molecule has 0 atom stereocenters. The monoisotopic (exact) mass is 248 g/mol. The van der Waals surface area contributed by atoms with Crippen LogP contribution in [0, 0.1) is 5.82 Å². The highest BCUT2D eigenvalue weighted by Gasteiger charge is 2.33. The Morgan fingerprint density at radius 1 is 1.24 bits per heavy atom. The van der Waals surface area contributed by atoms with E-state index in [9.17, 15) is 22.4 Å². The normalized spacial score (nSPS) is 11.8. The number of aromatic amines is 1. The molecule has 5 nitrogen and oxygen atoms in total. The van der Waals surface area contributed by atoms with Gasteiger partial charge in [-0.15, -0.1) is 0 Å². The van der Waals surface area contributed by atoms with E-state index < -0.39 is 23.2 Å². The van der Waals surface area contributed by atoms with Crippen molar-refractivity contribution in [1.82, 2.24) is 19.7 Å². The SMILES string of the molecule is O=c1cc(C(F)(F)F)[nH]n1-c1ncc(F)cn1. The quantitative estimate of drug-likeness (QED) is 0.769. The Hall–Kier alpha value is -2.19. The first-order valence-corrected chi connectivity index (χ1v) is 4.25. The maximum atomic E-state index is 12.5. The molecule has 0 saturated heterocycles. The maximum Gasteiger partial charge on any atom is 0.432 e. The van der Waals surface area contributed by atoms with Crippen molar-refractivity contribution < 1.29 is 17.6 Å². The molecule has 0 aromatic carbocycles. The van der Waals surface area contributed by atoms with Gasteiger partial charge >= 0.3 is 6.18 Å². The van der Waals surface area contributed by atoms with Gasteiger partial charge in [0.2, 0.25) is 0 Å². The lowest BCUT2D eigenvalue weighted by Gasteiger charge is -2.02. The molecule has 0 fully saturated rings. The number of halogens is 4. The molecule has 2 rings (SSSR count). The molecule has 0 unspecified atom stereocenters. The Morgan fingerprint density at radius 2 is 1.82 bits per heavy atom. The Morgan fingerprint density at radius 3 is 2.29 bits per heavy atom. The number of nitrogens with zero attached hydrogens (tertiary/aromatic N) is 3. The van der Waals surface area contributed by atoms with Gasteiger partial charge in [0.15, 0.2) is 5.82 Å². The van der Waals surface area contributed by atoms with E-state index in [-0.39, 0.29) is 5.95 Å². The van der Waals surface area contributed by atoms with Crippen molar-refractivity contribution in [2.75, 3.05) is 0 Å². The summed E-state index contributed by atoms with van der Waals surface area (Å²) < 4.78 is 49.8. The van der Waals surface area contributed by atoms with E-state index in [1.54, 1.807) is 5.10 Å². The van der Waals surface area contributed by atoms with Crippen molar-refractivity contribution >= 4 is 0 Å². The van der Waals surface area contributed by atoms with Crippen LogP contribution in [0.5, 0.6) is 0 Å². The zero-order chi connectivity index (χ0) is 12.6. The molecule has 2 aromatic heterocycles. The van der Waals surface area contributed by atoms with Crippen molar-refractivity contribution in [3.8, 4) is 5.95 Å². The average molecular weight is 248 g/mol. The van der Waals surface area contributed by atoms with Gasteiger partial charge in [-0.25, -0.2) is 14.4 Å². The zero-order valence-electron chi connectivity index (χ0n) is 7.99. The molecule has 0 bridgehead atoms. The lowest BCUT2D eigenvalue weighted by atomic mass is 10.4. The summed E-state index contributed by atoms with van der Waals surface area (Å²) in [4.78, 5) is 18.0. The molecule has 1 N–H and O–H groups in total. The molecule has 0 radical (unpaired) electrons. The maximum absolute atomic E-state index is 12.5. The minimum Gasteiger partial charge on any atom is -0.284 e. The fraction of sp³-hybridized carbons (Fsp3) is 0.125. The highest BCUT2D eigenvalue weighted by Crippen LogP contribution is 2.26. The second-order valence-electron chi connectivity index (χ2n) is 3.04. The van der Waals surface area contributed by atoms with E-state index in [0.29, 0.717) is 10.7 Å². The van der Waals surface area contributed by atoms with Crippen LogP contribution in [0.1, 0.15) is 5.69 Å². The van der Waals surface area contributed by atoms with Gasteiger partial charge in [0.1, 0.15) is 5.69 Å². The number of nitrogens with one attached hydrogen (secondary N) is 1. The molecule has 2 aromatic rings. The fourth-order valence-corrected chi connectivity index (χ4v) is 1.11. The van der Waals surface area contributed by atoms with E-state index in [2.05, 4.69) is 9.97 Å². The Balaban J connectivity index is 2.50. The number of hydrogen-bond donors (Lipinski definition) is 1. The molecule has 90 valence electrons. The first kappa shape index (κ1) is 11.3. The summed E-state index contributed by atoms with van der Waals surface area (Å²) in [6.07, 6.45) is -3.20. The minimum absolute atomic E-state index is 0.368. The van der Waals surface area contributed by atoms with Crippen molar-refractivity contribution in [3.05, 3.63) is 40.3 Å². The largest absolute Gasteiger partial charge is 0.432 e. The first-order chi connectivity index (χ1) is 7.88. The molecule has 0 spiro atoms. The Kier molecular flexibility index (Phi) is 2.45. The number of H-pyrrole nitrogens is 1. The zero-order valence-corrected chi connectivity index (χ0v) is 7.99. The van der Waals surface area contributed by atoms with Crippen LogP contribution < -0.4 is 5.56 Å². The van der Waals surface area contributed by atoms with Crippen molar-refractivity contribution in [1.29, 1.82) is 0 Å². The van der Waals surface area contributed by atoms with Crippen LogP contribution in [0.15, 0.2) is 23.3 Å². The summed E-state index contributed by atoms with van der Waals surface area (Å²) in [5.41, 5.74) is -2.21. The highest BCUT2D eigenvalue weighted by atomic mass is 19.4. The summed E-state index contributed by atoms with van der Waals surface area (Å²) in [6.45, 7) is 0. The molecule has 2 heterocycles. The first-order valence-electron chi connectivity index (χ1n) is 4.25. The van der Waals surface area contributed by atoms with Gasteiger partial charge in [0, 0.05) is 6.07 Å². The third kappa shape index (κ3) is 2.17. The van der Waals surface area contributed by atoms with E-state index >= 15 is 0 Å². The lowest BCUT2D eigenvalue weighted by Crippen LogP contribution is -2.16. The van der Waals surface area contributed by atoms with E-state index in [4.69, 9.17) is 0 Å². The standard InChI is InChI=1S/C8H4F4N4O/c9-4-2-13-7(14-3-4)16-6(17)1-5(15-16)8(10,11)12/h1-3,15H. The molecule has 0 amide bonds. The minimum atomic E-state index is -4.68. The third-order valence-electron chi connectivity index (χ3n) is 1.83. The van der Waals surface area contributed by atoms with Gasteiger partial charge in [0.25, 0.3) is 11.5 Å². The predicted octanol–water partition coefficient (Wildman–Crippen LogP) is 1.11. The summed E-state index contributed by atoms with van der Waals surface area (Å²) in [6, 6.07) is 0.368. The molecule has 9 heteroatoms. The van der Waals surface area contributed by atoms with E-state index in [0.717, 1.165) is 12.4 Å². The van der Waals surface area contributed by atoms with Gasteiger partial charge in [-0.05, 0) is 0 Å². The molecule has 0 saturated carbocycles. The molecule has 17 heavy (non-hydrogen) atoms. The van der Waals surface area contributed by atoms with E-state index in [1.165, 1.54) is 0 Å². The molecular weight excluding hydrogens is 244 g/mol. The summed E-state index contributed by atoms with van der Waals surface area (Å²) in [5.74, 6) is -1.13. The number of hydrogen-bond acceptors (Lipinski definition) is 3. The number of aromatic nitrogens is 4. The average Bonchev–Trinajstić information content (AvgIpc) is 2.61. The summed E-state index contributed by atoms with van der Waals surface area (Å²) in [5, 5.41) is 1.79. The smallest absolute Gasteiger partial charge is 0.284 e. The van der Waals surface area contributed by atoms with Gasteiger partial charge in [0.05, 0.1) is 12.4 Å². The fourth-order valence-electron chi connectivity index (χ4n) is 1.11. The van der Waals surface area contributed by atoms with Crippen LogP contribution in [0.4, 0.5) is 17.6 Å². The van der Waals surface area contributed by atoms with Gasteiger partial charge in [-0.1, -0.05) is 0 Å². The van der Waals surface area contributed by atoms with Crippen molar-refractivity contribution in [2.45, 2.75) is 6.18 Å². The topological polar surface area (TPSA) is 63.6 Å². The Labute approximate surface area is 90.7 Å². The lowest BCUT2D eigenvalue weighted by molar-refractivity contribution is -0.141. The van der Waals surface area contributed by atoms with Crippen LogP contribution in [0.3, 0.4) is 0 Å². The van der Waals surface area contributed by atoms with Crippen LogP contribution in [-0.4, -0.2) is 19.7 Å². The third-order valence-corrected chi connectivity index (χ3v) is 1.83. The summed E-state index contributed by atoms with van der Waals surface area (Å²) >= 11 is 0. The summed E-state index contributed by atoms with van der Waals surface area (Å²) in [7, 11) is 0. The number of rotatable bonds is 1. The second kappa shape index (κ2) is 3.68. The van der Waals surface area contributed by atoms with E-state index in [1.807, 2.05) is 0 Å². The predicted molar refractivity (Wildman–Crippen MR) is 46.9 cm³/mol. The van der Waals surface area contributed by atoms with Gasteiger partial charge in [-0.3, -0.25) is 9.89 Å². The number of alkyl halides is 3. The van der Waals surface area contributed by atoms with Crippen LogP contribution in [0.25, 0.3) is 5.95 Å². The Bertz CT molecular complexity index is 583. The second-order valence-corrected chi connectivity index (χ2v) is 3.04. The van der Waals surface area contributed by atoms with Gasteiger partial charge in [-0.2, -0.15) is 17.9 Å². The highest BCUT2D eigenvalue weighted by molar-refractivity contribution is 5.13. The van der Waals surface area contributed by atoms with Crippen molar-refractivity contribution in [2.24, 2.45) is 0 Å². The molecular formula is C8H4F4N4O.